The Hall–Kier alpha value is -2.26. The summed E-state index contributed by atoms with van der Waals surface area (Å²) in [7, 11) is 1.82. The number of amides is 1. The first-order chi connectivity index (χ1) is 13.3. The number of anilines is 1. The second-order valence-electron chi connectivity index (χ2n) is 6.04. The fourth-order valence-corrected chi connectivity index (χ4v) is 3.76. The Labute approximate surface area is 176 Å². The molecule has 0 bridgehead atoms. The first-order valence-corrected chi connectivity index (χ1v) is 9.85. The van der Waals surface area contributed by atoms with Gasteiger partial charge in [0.05, 0.1) is 10.0 Å². The molecule has 3 rings (SSSR count). The van der Waals surface area contributed by atoms with Crippen molar-refractivity contribution in [3.05, 3.63) is 45.2 Å². The van der Waals surface area contributed by atoms with E-state index < -0.39 is 6.09 Å². The van der Waals surface area contributed by atoms with Crippen LogP contribution in [0, 0.1) is 0 Å². The third-order valence-corrected chi connectivity index (χ3v) is 5.10. The fourth-order valence-electron chi connectivity index (χ4n) is 2.43. The molecule has 2 heterocycles. The molecule has 1 atom stereocenters. The Morgan fingerprint density at radius 3 is 2.71 bits per heavy atom. The highest BCUT2D eigenvalue weighted by atomic mass is 35.5. The van der Waals surface area contributed by atoms with Crippen molar-refractivity contribution in [2.24, 2.45) is 12.8 Å². The zero-order valence-electron chi connectivity index (χ0n) is 15.1. The molecule has 0 radical (unpaired) electrons. The van der Waals surface area contributed by atoms with E-state index in [9.17, 15) is 4.79 Å². The molecule has 1 aromatic carbocycles. The van der Waals surface area contributed by atoms with Crippen molar-refractivity contribution in [1.82, 2.24) is 9.78 Å². The number of carbonyl (C=O) groups excluding carboxylic acids is 1. The summed E-state index contributed by atoms with van der Waals surface area (Å²) in [6.45, 7) is 2.22. The standard InChI is InChI=1S/C18H18Cl2N4O3S/c1-10(21)9-26-14-4-3-11(7-12(14)13-5-6-22-24(13)2)23-18(25)27-15-8-16(19)28-17(15)20/h3-8,10H,9,21H2,1-2H3,(H,23,25)/t10-/m0/s1. The second-order valence-corrected chi connectivity index (χ2v) is 8.33. The van der Waals surface area contributed by atoms with Gasteiger partial charge in [0.25, 0.3) is 0 Å². The molecule has 0 aliphatic carbocycles. The maximum absolute atomic E-state index is 12.2. The number of hydrogen-bond acceptors (Lipinski definition) is 6. The van der Waals surface area contributed by atoms with Gasteiger partial charge in [-0.2, -0.15) is 5.10 Å². The maximum atomic E-state index is 12.2. The lowest BCUT2D eigenvalue weighted by atomic mass is 10.1. The van der Waals surface area contributed by atoms with Gasteiger partial charge < -0.3 is 15.2 Å². The van der Waals surface area contributed by atoms with Gasteiger partial charge in [-0.25, -0.2) is 4.79 Å². The molecule has 3 N–H and O–H groups in total. The lowest BCUT2D eigenvalue weighted by molar-refractivity contribution is 0.215. The third-order valence-electron chi connectivity index (χ3n) is 3.65. The summed E-state index contributed by atoms with van der Waals surface area (Å²) in [5.41, 5.74) is 7.89. The molecule has 3 aromatic rings. The summed E-state index contributed by atoms with van der Waals surface area (Å²) < 4.78 is 13.5. The zero-order valence-corrected chi connectivity index (χ0v) is 17.4. The van der Waals surface area contributed by atoms with E-state index in [-0.39, 0.29) is 11.8 Å². The van der Waals surface area contributed by atoms with E-state index in [1.54, 1.807) is 29.1 Å². The van der Waals surface area contributed by atoms with Crippen LogP contribution in [-0.2, 0) is 7.05 Å². The second kappa shape index (κ2) is 8.83. The Balaban J connectivity index is 1.82. The van der Waals surface area contributed by atoms with Gasteiger partial charge >= 0.3 is 6.09 Å². The molecule has 10 heteroatoms. The number of nitrogens with one attached hydrogen (secondary N) is 1. The van der Waals surface area contributed by atoms with Crippen LogP contribution in [0.5, 0.6) is 11.5 Å². The predicted molar refractivity (Wildman–Crippen MR) is 112 cm³/mol. The third kappa shape index (κ3) is 4.96. The van der Waals surface area contributed by atoms with Crippen molar-refractivity contribution in [3.63, 3.8) is 0 Å². The monoisotopic (exact) mass is 440 g/mol. The van der Waals surface area contributed by atoms with Crippen molar-refractivity contribution >= 4 is 46.3 Å². The number of thiophene rings is 1. The van der Waals surface area contributed by atoms with Crippen LogP contribution in [0.25, 0.3) is 11.3 Å². The molecule has 0 aliphatic heterocycles. The number of nitrogens with two attached hydrogens (primary N) is 1. The number of hydrogen-bond donors (Lipinski definition) is 2. The van der Waals surface area contributed by atoms with Gasteiger partial charge in [0.2, 0.25) is 0 Å². The van der Waals surface area contributed by atoms with Crippen molar-refractivity contribution in [1.29, 1.82) is 0 Å². The molecule has 0 saturated heterocycles. The van der Waals surface area contributed by atoms with Gasteiger partial charge in [0.1, 0.15) is 16.7 Å². The van der Waals surface area contributed by atoms with Crippen molar-refractivity contribution in [2.45, 2.75) is 13.0 Å². The molecule has 148 valence electrons. The zero-order chi connectivity index (χ0) is 20.3. The SMILES string of the molecule is C[C@H](N)COc1ccc(NC(=O)Oc2cc(Cl)sc2Cl)cc1-c1ccnn1C. The first-order valence-electron chi connectivity index (χ1n) is 8.28. The Morgan fingerprint density at radius 2 is 2.11 bits per heavy atom. The molecule has 28 heavy (non-hydrogen) atoms. The van der Waals surface area contributed by atoms with Crippen LogP contribution in [0.2, 0.25) is 8.67 Å². The van der Waals surface area contributed by atoms with Crippen molar-refractivity contribution in [2.75, 3.05) is 11.9 Å². The van der Waals surface area contributed by atoms with Crippen LogP contribution < -0.4 is 20.5 Å². The molecule has 0 unspecified atom stereocenters. The fraction of sp³-hybridized carbons (Fsp3) is 0.222. The van der Waals surface area contributed by atoms with E-state index in [2.05, 4.69) is 10.4 Å². The lowest BCUT2D eigenvalue weighted by Crippen LogP contribution is -2.23. The molecule has 7 nitrogen and oxygen atoms in total. The highest BCUT2D eigenvalue weighted by Crippen LogP contribution is 2.37. The molecule has 0 saturated carbocycles. The average molecular weight is 441 g/mol. The lowest BCUT2D eigenvalue weighted by Gasteiger charge is -2.15. The highest BCUT2D eigenvalue weighted by molar-refractivity contribution is 7.20. The predicted octanol–water partition coefficient (Wildman–Crippen LogP) is 4.79. The van der Waals surface area contributed by atoms with Crippen LogP contribution in [0.1, 0.15) is 6.92 Å². The molecule has 0 aliphatic rings. The average Bonchev–Trinajstić information content (AvgIpc) is 3.18. The van der Waals surface area contributed by atoms with Gasteiger partial charge in [0, 0.05) is 36.6 Å². The summed E-state index contributed by atoms with van der Waals surface area (Å²) in [4.78, 5) is 12.2. The van der Waals surface area contributed by atoms with Crippen LogP contribution in [0.15, 0.2) is 36.5 Å². The first kappa shape index (κ1) is 20.5. The number of aromatic nitrogens is 2. The Morgan fingerprint density at radius 1 is 1.32 bits per heavy atom. The van der Waals surface area contributed by atoms with Crippen LogP contribution in [0.3, 0.4) is 0 Å². The van der Waals surface area contributed by atoms with Gasteiger partial charge in [-0.1, -0.05) is 23.2 Å². The van der Waals surface area contributed by atoms with E-state index in [0.29, 0.717) is 26.7 Å². The smallest absolute Gasteiger partial charge is 0.417 e. The molecule has 0 fully saturated rings. The van der Waals surface area contributed by atoms with Gasteiger partial charge in [-0.15, -0.1) is 11.3 Å². The summed E-state index contributed by atoms with van der Waals surface area (Å²) >= 11 is 13.0. The minimum Gasteiger partial charge on any atom is -0.491 e. The van der Waals surface area contributed by atoms with Gasteiger partial charge in [-0.3, -0.25) is 10.00 Å². The molecule has 1 amide bonds. The van der Waals surface area contributed by atoms with Crippen LogP contribution in [-0.4, -0.2) is 28.5 Å². The van der Waals surface area contributed by atoms with Gasteiger partial charge in [-0.05, 0) is 31.2 Å². The van der Waals surface area contributed by atoms with E-state index >= 15 is 0 Å². The molecular weight excluding hydrogens is 423 g/mol. The number of benzene rings is 1. The van der Waals surface area contributed by atoms with Crippen LogP contribution in [0.4, 0.5) is 10.5 Å². The number of ether oxygens (including phenoxy) is 2. The van der Waals surface area contributed by atoms with Crippen LogP contribution >= 0.6 is 34.5 Å². The van der Waals surface area contributed by atoms with E-state index in [0.717, 1.165) is 22.6 Å². The minimum absolute atomic E-state index is 0.116. The molecular formula is C18H18Cl2N4O3S. The normalized spacial score (nSPS) is 11.9. The van der Waals surface area contributed by atoms with Crippen molar-refractivity contribution in [3.8, 4) is 22.8 Å². The number of halogens is 2. The number of rotatable bonds is 6. The highest BCUT2D eigenvalue weighted by Gasteiger charge is 2.15. The number of aryl methyl sites for hydroxylation is 1. The van der Waals surface area contributed by atoms with Crippen molar-refractivity contribution < 1.29 is 14.3 Å². The summed E-state index contributed by atoms with van der Waals surface area (Å²) in [5.74, 6) is 0.838. The summed E-state index contributed by atoms with van der Waals surface area (Å²) in [5, 5.41) is 6.86. The summed E-state index contributed by atoms with van der Waals surface area (Å²) in [6.07, 6.45) is 0.998. The molecule has 0 spiro atoms. The van der Waals surface area contributed by atoms with E-state index in [4.69, 9.17) is 38.4 Å². The largest absolute Gasteiger partial charge is 0.491 e. The Kier molecular flexibility index (Phi) is 6.46. The Bertz CT molecular complexity index is 987. The maximum Gasteiger partial charge on any atom is 0.417 e. The quantitative estimate of drug-likeness (QED) is 0.574. The van der Waals surface area contributed by atoms with E-state index in [1.165, 1.54) is 6.07 Å². The topological polar surface area (TPSA) is 91.4 Å². The van der Waals surface area contributed by atoms with Gasteiger partial charge in [0.15, 0.2) is 5.75 Å². The van der Waals surface area contributed by atoms with E-state index in [1.807, 2.05) is 20.0 Å². The number of carbonyl (C=O) groups is 1. The number of nitrogens with zero attached hydrogens (tertiary/aromatic N) is 2. The minimum atomic E-state index is -0.684. The summed E-state index contributed by atoms with van der Waals surface area (Å²) in [6, 6.07) is 8.46. The molecule has 2 aromatic heterocycles.